The van der Waals surface area contributed by atoms with Crippen molar-refractivity contribution < 1.29 is 4.79 Å². The molecule has 6 heteroatoms. The van der Waals surface area contributed by atoms with Gasteiger partial charge in [0.05, 0.1) is 17.1 Å². The minimum atomic E-state index is -0.249. The molecule has 0 aromatic carbocycles. The van der Waals surface area contributed by atoms with Gasteiger partial charge in [-0.3, -0.25) is 9.78 Å². The Labute approximate surface area is 116 Å². The lowest BCUT2D eigenvalue weighted by Gasteiger charge is -2.10. The minimum absolute atomic E-state index is 0.0113. The van der Waals surface area contributed by atoms with Gasteiger partial charge in [-0.25, -0.2) is 4.98 Å². The standard InChI is InChI=1S/C13H15ClN4O/c1-8(14)13-17-10-6-15-5-4-11(10)18(13)7-12(19)16-9-2-3-9/h4-6,8-9H,2-3,7H2,1H3,(H,16,19). The Morgan fingerprint density at radius 2 is 2.42 bits per heavy atom. The first kappa shape index (κ1) is 12.4. The predicted octanol–water partition coefficient (Wildman–Crippen LogP) is 2.01. The Hall–Kier alpha value is -1.62. The molecule has 1 atom stereocenters. The highest BCUT2D eigenvalue weighted by atomic mass is 35.5. The van der Waals surface area contributed by atoms with Crippen LogP contribution in [0, 0.1) is 0 Å². The molecule has 1 fully saturated rings. The zero-order valence-corrected chi connectivity index (χ0v) is 11.4. The van der Waals surface area contributed by atoms with Gasteiger partial charge in [0, 0.05) is 12.2 Å². The van der Waals surface area contributed by atoms with E-state index in [0.29, 0.717) is 11.9 Å². The van der Waals surface area contributed by atoms with Gasteiger partial charge >= 0.3 is 0 Å². The molecular weight excluding hydrogens is 264 g/mol. The van der Waals surface area contributed by atoms with Gasteiger partial charge in [-0.1, -0.05) is 0 Å². The molecular formula is C13H15ClN4O. The number of hydrogen-bond acceptors (Lipinski definition) is 3. The van der Waals surface area contributed by atoms with Crippen molar-refractivity contribution in [3.63, 3.8) is 0 Å². The summed E-state index contributed by atoms with van der Waals surface area (Å²) in [6.45, 7) is 2.11. The van der Waals surface area contributed by atoms with Gasteiger partial charge in [0.1, 0.15) is 17.9 Å². The average molecular weight is 279 g/mol. The van der Waals surface area contributed by atoms with Crippen molar-refractivity contribution in [1.29, 1.82) is 0 Å². The van der Waals surface area contributed by atoms with E-state index < -0.39 is 0 Å². The van der Waals surface area contributed by atoms with E-state index in [1.807, 2.05) is 17.6 Å². The lowest BCUT2D eigenvalue weighted by molar-refractivity contribution is -0.121. The minimum Gasteiger partial charge on any atom is -0.352 e. The van der Waals surface area contributed by atoms with Gasteiger partial charge in [0.2, 0.25) is 5.91 Å². The highest BCUT2D eigenvalue weighted by Crippen LogP contribution is 2.24. The fraction of sp³-hybridized carbons (Fsp3) is 0.462. The molecule has 2 aromatic heterocycles. The van der Waals surface area contributed by atoms with Crippen molar-refractivity contribution >= 4 is 28.5 Å². The van der Waals surface area contributed by atoms with Gasteiger partial charge < -0.3 is 9.88 Å². The second kappa shape index (κ2) is 4.81. The molecule has 1 unspecified atom stereocenters. The van der Waals surface area contributed by atoms with E-state index in [2.05, 4.69) is 15.3 Å². The Morgan fingerprint density at radius 1 is 1.63 bits per heavy atom. The van der Waals surface area contributed by atoms with Crippen molar-refractivity contribution in [3.8, 4) is 0 Å². The second-order valence-corrected chi connectivity index (χ2v) is 5.53. The van der Waals surface area contributed by atoms with E-state index in [1.54, 1.807) is 12.4 Å². The van der Waals surface area contributed by atoms with Crippen LogP contribution in [-0.2, 0) is 11.3 Å². The summed E-state index contributed by atoms with van der Waals surface area (Å²) in [7, 11) is 0. The molecule has 19 heavy (non-hydrogen) atoms. The zero-order chi connectivity index (χ0) is 13.4. The van der Waals surface area contributed by atoms with Gasteiger partial charge in [0.15, 0.2) is 0 Å². The fourth-order valence-electron chi connectivity index (χ4n) is 2.11. The SMILES string of the molecule is CC(Cl)c1nc2cnccc2n1CC(=O)NC1CC1. The molecule has 100 valence electrons. The molecule has 1 aliphatic rings. The molecule has 0 radical (unpaired) electrons. The van der Waals surface area contributed by atoms with Crippen LogP contribution in [0.4, 0.5) is 0 Å². The summed E-state index contributed by atoms with van der Waals surface area (Å²) >= 11 is 6.15. The number of nitrogens with zero attached hydrogens (tertiary/aromatic N) is 3. The molecule has 2 aromatic rings. The number of pyridine rings is 1. The summed E-state index contributed by atoms with van der Waals surface area (Å²) in [4.78, 5) is 20.5. The highest BCUT2D eigenvalue weighted by molar-refractivity contribution is 6.20. The molecule has 1 aliphatic carbocycles. The molecule has 2 heterocycles. The molecule has 0 spiro atoms. The third-order valence-electron chi connectivity index (χ3n) is 3.18. The van der Waals surface area contributed by atoms with Crippen LogP contribution in [0.2, 0.25) is 0 Å². The first-order valence-corrected chi connectivity index (χ1v) is 6.82. The van der Waals surface area contributed by atoms with Crippen molar-refractivity contribution in [2.75, 3.05) is 0 Å². The number of carbonyl (C=O) groups excluding carboxylic acids is 1. The number of fused-ring (bicyclic) bond motifs is 1. The largest absolute Gasteiger partial charge is 0.352 e. The molecule has 1 amide bonds. The third kappa shape index (κ3) is 2.56. The van der Waals surface area contributed by atoms with Crippen molar-refractivity contribution in [3.05, 3.63) is 24.3 Å². The van der Waals surface area contributed by atoms with Crippen LogP contribution in [0.3, 0.4) is 0 Å². The Bertz CT molecular complexity index is 618. The number of imidazole rings is 1. The number of carbonyl (C=O) groups is 1. The maximum Gasteiger partial charge on any atom is 0.240 e. The van der Waals surface area contributed by atoms with E-state index in [0.717, 1.165) is 23.9 Å². The topological polar surface area (TPSA) is 59.8 Å². The van der Waals surface area contributed by atoms with E-state index in [9.17, 15) is 4.79 Å². The fourth-order valence-corrected chi connectivity index (χ4v) is 2.28. The molecule has 5 nitrogen and oxygen atoms in total. The number of hydrogen-bond donors (Lipinski definition) is 1. The maximum absolute atomic E-state index is 12.0. The van der Waals surface area contributed by atoms with Gasteiger partial charge in [-0.2, -0.15) is 0 Å². The summed E-state index contributed by atoms with van der Waals surface area (Å²) in [5.74, 6) is 0.716. The monoisotopic (exact) mass is 278 g/mol. The quantitative estimate of drug-likeness (QED) is 0.871. The lowest BCUT2D eigenvalue weighted by atomic mass is 10.4. The number of halogens is 1. The number of amides is 1. The summed E-state index contributed by atoms with van der Waals surface area (Å²) < 4.78 is 1.87. The summed E-state index contributed by atoms with van der Waals surface area (Å²) in [6.07, 6.45) is 5.55. The molecule has 0 bridgehead atoms. The third-order valence-corrected chi connectivity index (χ3v) is 3.38. The van der Waals surface area contributed by atoms with Crippen LogP contribution in [0.5, 0.6) is 0 Å². The molecule has 1 saturated carbocycles. The number of alkyl halides is 1. The van der Waals surface area contributed by atoms with E-state index in [4.69, 9.17) is 11.6 Å². The Balaban J connectivity index is 1.94. The first-order valence-electron chi connectivity index (χ1n) is 6.38. The van der Waals surface area contributed by atoms with Crippen LogP contribution in [-0.4, -0.2) is 26.5 Å². The van der Waals surface area contributed by atoms with Crippen LogP contribution >= 0.6 is 11.6 Å². The van der Waals surface area contributed by atoms with Crippen LogP contribution in [0.1, 0.15) is 31.0 Å². The van der Waals surface area contributed by atoms with Gasteiger partial charge in [0.25, 0.3) is 0 Å². The van der Waals surface area contributed by atoms with Crippen LogP contribution in [0.15, 0.2) is 18.5 Å². The van der Waals surface area contributed by atoms with Crippen molar-refractivity contribution in [2.24, 2.45) is 0 Å². The molecule has 3 rings (SSSR count). The van der Waals surface area contributed by atoms with Crippen LogP contribution < -0.4 is 5.32 Å². The highest BCUT2D eigenvalue weighted by Gasteiger charge is 2.24. The zero-order valence-electron chi connectivity index (χ0n) is 10.6. The lowest BCUT2D eigenvalue weighted by Crippen LogP contribution is -2.29. The summed E-state index contributed by atoms with van der Waals surface area (Å²) in [6, 6.07) is 2.22. The van der Waals surface area contributed by atoms with Crippen LogP contribution in [0.25, 0.3) is 11.0 Å². The maximum atomic E-state index is 12.0. The van der Waals surface area contributed by atoms with Gasteiger partial charge in [-0.15, -0.1) is 11.6 Å². The number of rotatable bonds is 4. The molecule has 0 saturated heterocycles. The first-order chi connectivity index (χ1) is 9.15. The number of aromatic nitrogens is 3. The Kier molecular flexibility index (Phi) is 3.14. The van der Waals surface area contributed by atoms with Crippen molar-refractivity contribution in [1.82, 2.24) is 19.9 Å². The smallest absolute Gasteiger partial charge is 0.240 e. The molecule has 0 aliphatic heterocycles. The van der Waals surface area contributed by atoms with Crippen molar-refractivity contribution in [2.45, 2.75) is 37.7 Å². The summed E-state index contributed by atoms with van der Waals surface area (Å²) in [5.41, 5.74) is 1.66. The predicted molar refractivity (Wildman–Crippen MR) is 73.0 cm³/mol. The van der Waals surface area contributed by atoms with E-state index in [1.165, 1.54) is 0 Å². The summed E-state index contributed by atoms with van der Waals surface area (Å²) in [5, 5.41) is 2.73. The Morgan fingerprint density at radius 3 is 3.11 bits per heavy atom. The van der Waals surface area contributed by atoms with E-state index in [-0.39, 0.29) is 17.8 Å². The van der Waals surface area contributed by atoms with E-state index >= 15 is 0 Å². The normalized spacial score (nSPS) is 16.5. The van der Waals surface area contributed by atoms with Gasteiger partial charge in [-0.05, 0) is 25.8 Å². The number of nitrogens with one attached hydrogen (secondary N) is 1. The average Bonchev–Trinajstić information content (AvgIpc) is 3.10. The molecule has 1 N–H and O–H groups in total. The second-order valence-electron chi connectivity index (χ2n) is 4.88.